The summed E-state index contributed by atoms with van der Waals surface area (Å²) >= 11 is -0.620. The molecular formula is C55H49N5OTe. The molecule has 0 radical (unpaired) electrons. The van der Waals surface area contributed by atoms with Crippen molar-refractivity contribution in [3.05, 3.63) is 187 Å². The molecule has 0 N–H and O–H groups in total. The van der Waals surface area contributed by atoms with Gasteiger partial charge >= 0.3 is 245 Å². The SMILES string of the molecule is CC(C)(C)c1ccnc(N2c3ccccc3[Te]c3ccc(Oc4cccc(N5CN(c6c(-c7ccccc7)cc(C(C)(C)C)cc6-c6ccccc6)c6cccnc65)c4)cc32)c1. The Bertz CT molecular complexity index is 2880. The Balaban J connectivity index is 1.03. The van der Waals surface area contributed by atoms with Crippen LogP contribution in [0.5, 0.6) is 11.5 Å². The van der Waals surface area contributed by atoms with Crippen LogP contribution in [0.15, 0.2) is 176 Å². The van der Waals surface area contributed by atoms with Gasteiger partial charge in [0.2, 0.25) is 0 Å². The average molecular weight is 924 g/mol. The summed E-state index contributed by atoms with van der Waals surface area (Å²) in [4.78, 5) is 17.0. The number of hydrogen-bond acceptors (Lipinski definition) is 6. The summed E-state index contributed by atoms with van der Waals surface area (Å²) < 4.78 is 9.56. The molecule has 0 spiro atoms. The summed E-state index contributed by atoms with van der Waals surface area (Å²) in [5.74, 6) is 3.36. The van der Waals surface area contributed by atoms with Crippen molar-refractivity contribution >= 4 is 68.2 Å². The summed E-state index contributed by atoms with van der Waals surface area (Å²) in [6, 6.07) is 58.7. The zero-order valence-corrected chi connectivity index (χ0v) is 38.3. The molecule has 0 bridgehead atoms. The molecule has 4 heterocycles. The third-order valence-corrected chi connectivity index (χ3v) is 14.9. The molecule has 2 aliphatic rings. The Morgan fingerprint density at radius 3 is 1.85 bits per heavy atom. The molecule has 8 aromatic rings. The van der Waals surface area contributed by atoms with Crippen LogP contribution in [-0.2, 0) is 10.8 Å². The van der Waals surface area contributed by atoms with Crippen molar-refractivity contribution in [1.82, 2.24) is 9.97 Å². The van der Waals surface area contributed by atoms with E-state index < -0.39 is 20.9 Å². The summed E-state index contributed by atoms with van der Waals surface area (Å²) in [6.07, 6.45) is 3.83. The van der Waals surface area contributed by atoms with Gasteiger partial charge in [-0.05, 0) is 40.3 Å². The molecule has 0 aliphatic carbocycles. The van der Waals surface area contributed by atoms with Crippen molar-refractivity contribution in [3.8, 4) is 33.8 Å². The molecule has 2 aliphatic heterocycles. The van der Waals surface area contributed by atoms with Gasteiger partial charge in [0, 0.05) is 11.1 Å². The van der Waals surface area contributed by atoms with Crippen LogP contribution >= 0.6 is 0 Å². The van der Waals surface area contributed by atoms with Crippen LogP contribution in [0.3, 0.4) is 0 Å². The third-order valence-electron chi connectivity index (χ3n) is 11.7. The van der Waals surface area contributed by atoms with Crippen LogP contribution in [0.4, 0.5) is 40.1 Å². The topological polar surface area (TPSA) is 44.7 Å². The normalized spacial score (nSPS) is 13.4. The first kappa shape index (κ1) is 39.7. The number of hydrogen-bond donors (Lipinski definition) is 0. The molecule has 0 amide bonds. The molecule has 6 nitrogen and oxygen atoms in total. The maximum absolute atomic E-state index is 6.80. The van der Waals surface area contributed by atoms with Gasteiger partial charge in [-0.1, -0.05) is 81.4 Å². The first-order valence-electron chi connectivity index (χ1n) is 21.2. The number of ether oxygens (including phenoxy) is 1. The van der Waals surface area contributed by atoms with Crippen LogP contribution in [0, 0.1) is 0 Å². The van der Waals surface area contributed by atoms with E-state index in [4.69, 9.17) is 14.7 Å². The fraction of sp³-hybridized carbons (Fsp3) is 0.164. The number of nitrogens with zero attached hydrogens (tertiary/aromatic N) is 5. The van der Waals surface area contributed by atoms with Gasteiger partial charge in [-0.15, -0.1) is 0 Å². The van der Waals surface area contributed by atoms with Crippen molar-refractivity contribution in [2.75, 3.05) is 21.4 Å². The molecule has 7 heteroatoms. The molecule has 6 aromatic carbocycles. The fourth-order valence-electron chi connectivity index (χ4n) is 8.42. The predicted molar refractivity (Wildman–Crippen MR) is 259 cm³/mol. The molecule has 0 saturated carbocycles. The Hall–Kier alpha value is -6.39. The van der Waals surface area contributed by atoms with Crippen molar-refractivity contribution in [2.24, 2.45) is 0 Å². The molecule has 0 fully saturated rings. The number of fused-ring (bicyclic) bond motifs is 3. The minimum atomic E-state index is -0.620. The Morgan fingerprint density at radius 2 is 1.15 bits per heavy atom. The Labute approximate surface area is 375 Å². The zero-order chi connectivity index (χ0) is 42.6. The second-order valence-corrected chi connectivity index (χ2v) is 21.1. The van der Waals surface area contributed by atoms with E-state index in [0.29, 0.717) is 6.67 Å². The van der Waals surface area contributed by atoms with E-state index in [1.54, 1.807) is 0 Å². The van der Waals surface area contributed by atoms with Gasteiger partial charge in [0.1, 0.15) is 0 Å². The molecular weight excluding hydrogens is 874 g/mol. The average Bonchev–Trinajstić information content (AvgIpc) is 3.67. The van der Waals surface area contributed by atoms with E-state index in [1.165, 1.54) is 46.3 Å². The summed E-state index contributed by atoms with van der Waals surface area (Å²) in [6.45, 7) is 14.2. The summed E-state index contributed by atoms with van der Waals surface area (Å²) in [7, 11) is 0. The molecule has 0 atom stereocenters. The Morgan fingerprint density at radius 1 is 0.500 bits per heavy atom. The second-order valence-electron chi connectivity index (χ2n) is 18.0. The monoisotopic (exact) mass is 925 g/mol. The molecule has 62 heavy (non-hydrogen) atoms. The summed E-state index contributed by atoms with van der Waals surface area (Å²) in [5.41, 5.74) is 12.8. The van der Waals surface area contributed by atoms with E-state index in [0.717, 1.165) is 45.9 Å². The quantitative estimate of drug-likeness (QED) is 0.148. The molecule has 10 rings (SSSR count). The number of pyridine rings is 2. The summed E-state index contributed by atoms with van der Waals surface area (Å²) in [5, 5.41) is 0. The Kier molecular flexibility index (Phi) is 10.1. The van der Waals surface area contributed by atoms with Gasteiger partial charge in [-0.2, -0.15) is 0 Å². The van der Waals surface area contributed by atoms with Gasteiger partial charge in [0.25, 0.3) is 0 Å². The van der Waals surface area contributed by atoms with E-state index in [1.807, 2.05) is 24.5 Å². The van der Waals surface area contributed by atoms with Crippen LogP contribution in [-0.4, -0.2) is 37.6 Å². The van der Waals surface area contributed by atoms with Crippen molar-refractivity contribution in [3.63, 3.8) is 0 Å². The van der Waals surface area contributed by atoms with Crippen LogP contribution in [0.1, 0.15) is 52.7 Å². The number of aromatic nitrogens is 2. The number of para-hydroxylation sites is 1. The number of anilines is 7. The van der Waals surface area contributed by atoms with Crippen LogP contribution in [0.25, 0.3) is 22.3 Å². The van der Waals surface area contributed by atoms with Crippen LogP contribution < -0.4 is 26.7 Å². The molecule has 0 unspecified atom stereocenters. The van der Waals surface area contributed by atoms with Gasteiger partial charge in [-0.25, -0.2) is 0 Å². The predicted octanol–water partition coefficient (Wildman–Crippen LogP) is 12.9. The van der Waals surface area contributed by atoms with Crippen molar-refractivity contribution < 1.29 is 4.74 Å². The maximum atomic E-state index is 6.80. The van der Waals surface area contributed by atoms with Crippen molar-refractivity contribution in [2.45, 2.75) is 52.4 Å². The zero-order valence-electron chi connectivity index (χ0n) is 36.0. The van der Waals surface area contributed by atoms with E-state index in [-0.39, 0.29) is 10.8 Å². The fourth-order valence-corrected chi connectivity index (χ4v) is 11.4. The first-order valence-corrected chi connectivity index (χ1v) is 23.6. The molecule has 2 aromatic heterocycles. The first-order chi connectivity index (χ1) is 30.0. The second kappa shape index (κ2) is 15.8. The van der Waals surface area contributed by atoms with Gasteiger partial charge in [-0.3, -0.25) is 0 Å². The third kappa shape index (κ3) is 7.50. The number of rotatable bonds is 7. The van der Waals surface area contributed by atoms with E-state index >= 15 is 0 Å². The molecule has 0 saturated heterocycles. The van der Waals surface area contributed by atoms with E-state index in [9.17, 15) is 0 Å². The minimum absolute atomic E-state index is 0.00630. The van der Waals surface area contributed by atoms with Gasteiger partial charge < -0.3 is 0 Å². The van der Waals surface area contributed by atoms with Crippen LogP contribution in [0.2, 0.25) is 0 Å². The van der Waals surface area contributed by atoms with E-state index in [2.05, 4.69) is 208 Å². The van der Waals surface area contributed by atoms with Gasteiger partial charge in [0.05, 0.1) is 0 Å². The molecule has 306 valence electrons. The number of benzene rings is 6. The van der Waals surface area contributed by atoms with Crippen molar-refractivity contribution in [1.29, 1.82) is 0 Å². The van der Waals surface area contributed by atoms with Gasteiger partial charge in [0.15, 0.2) is 0 Å². The standard InChI is InChI=1S/C55H49N5OTe/c1-54(2,3)39-28-30-56-51(33-39)60-46-23-13-14-25-49(46)62-50-27-26-43(35-48(50)60)61-42-22-15-21-41(34-42)58-36-59(47-24-16-29-57-53(47)58)52-44(37-17-9-7-10-18-37)31-40(55(4,5)6)32-45(52)38-19-11-8-12-20-38/h7-35H,36H2,1-6H3.